The highest BCUT2D eigenvalue weighted by molar-refractivity contribution is 7.66. The van der Waals surface area contributed by atoms with E-state index in [0.29, 0.717) is 4.57 Å². The summed E-state index contributed by atoms with van der Waals surface area (Å²) in [4.78, 5) is 46.4. The normalized spacial score (nSPS) is 28.0. The maximum absolute atomic E-state index is 14.3. The summed E-state index contributed by atoms with van der Waals surface area (Å²) in [5.41, 5.74) is 5.19. The summed E-state index contributed by atoms with van der Waals surface area (Å²) in [7, 11) is -16.9. The van der Waals surface area contributed by atoms with Gasteiger partial charge in [0.15, 0.2) is 23.2 Å². The number of imidazole rings is 1. The second kappa shape index (κ2) is 8.73. The monoisotopic (exact) mass is 524 g/mol. The molecule has 0 radical (unpaired) electrons. The molecule has 0 amide bonds. The first-order chi connectivity index (χ1) is 14.6. The van der Waals surface area contributed by atoms with Gasteiger partial charge >= 0.3 is 23.5 Å². The molecule has 3 heterocycles. The van der Waals surface area contributed by atoms with Gasteiger partial charge in [0.1, 0.15) is 24.6 Å². The number of anilines is 1. The van der Waals surface area contributed by atoms with Crippen LogP contribution in [0.4, 0.5) is 10.2 Å². The van der Waals surface area contributed by atoms with E-state index >= 15 is 0 Å². The maximum atomic E-state index is 14.3. The molecular formula is C10H15FN5O13P3. The average molecular weight is 524 g/mol. The van der Waals surface area contributed by atoms with Crippen LogP contribution in [0.3, 0.4) is 0 Å². The summed E-state index contributed by atoms with van der Waals surface area (Å²) < 4.78 is 65.3. The average Bonchev–Trinajstić information content (AvgIpc) is 3.08. The zero-order valence-corrected chi connectivity index (χ0v) is 17.9. The second-order valence-electron chi connectivity index (χ2n) is 6.11. The fourth-order valence-corrected chi connectivity index (χ4v) is 5.71. The van der Waals surface area contributed by atoms with Crippen molar-refractivity contribution in [2.24, 2.45) is 0 Å². The van der Waals surface area contributed by atoms with Crippen molar-refractivity contribution in [3.05, 3.63) is 12.4 Å². The third kappa shape index (κ3) is 5.55. The van der Waals surface area contributed by atoms with Gasteiger partial charge in [0, 0.05) is 0 Å². The quantitative estimate of drug-likeness (QED) is 0.153. The first kappa shape index (κ1) is 25.2. The largest absolute Gasteiger partial charge is 0.490 e. The van der Waals surface area contributed by atoms with Crippen LogP contribution in [-0.2, 0) is 31.6 Å². The Hall–Kier alpha value is -1.43. The number of halogens is 1. The summed E-state index contributed by atoms with van der Waals surface area (Å²) in [5, 5.41) is 20.3. The minimum absolute atomic E-state index is 0.174. The Morgan fingerprint density at radius 1 is 1.09 bits per heavy atom. The number of phosphoric ester groups is 1. The van der Waals surface area contributed by atoms with Crippen molar-refractivity contribution in [1.29, 1.82) is 0 Å². The number of rotatable bonds is 8. The molecule has 1 aliphatic rings. The maximum Gasteiger partial charge on any atom is 0.490 e. The van der Waals surface area contributed by atoms with Crippen LogP contribution in [-0.4, -0.2) is 74.2 Å². The molecule has 0 spiro atoms. The number of nitrogen functional groups attached to an aromatic ring is 1. The molecule has 2 aromatic heterocycles. The molecule has 1 fully saturated rings. The van der Waals surface area contributed by atoms with Crippen LogP contribution >= 0.6 is 23.5 Å². The van der Waals surface area contributed by atoms with E-state index in [1.54, 1.807) is 0 Å². The summed E-state index contributed by atoms with van der Waals surface area (Å²) in [6.07, 6.45) is -7.23. The number of aliphatic hydroxyl groups is 2. The minimum atomic E-state index is -5.76. The van der Waals surface area contributed by atoms with Crippen LogP contribution in [0.1, 0.15) is 6.23 Å². The Morgan fingerprint density at radius 2 is 1.75 bits per heavy atom. The molecule has 1 saturated heterocycles. The molecule has 18 nitrogen and oxygen atoms in total. The summed E-state index contributed by atoms with van der Waals surface area (Å²) >= 11 is 0. The van der Waals surface area contributed by atoms with E-state index in [9.17, 15) is 33.2 Å². The van der Waals surface area contributed by atoms with Gasteiger partial charge in [-0.2, -0.15) is 18.0 Å². The third-order valence-electron chi connectivity index (χ3n) is 3.87. The number of hydrogen-bond acceptors (Lipinski definition) is 13. The van der Waals surface area contributed by atoms with Gasteiger partial charge in [-0.15, -0.1) is 0 Å². The van der Waals surface area contributed by atoms with Gasteiger partial charge in [-0.3, -0.25) is 9.09 Å². The van der Waals surface area contributed by atoms with Gasteiger partial charge in [-0.1, -0.05) is 0 Å². The lowest BCUT2D eigenvalue weighted by Gasteiger charge is -2.19. The Labute approximate surface area is 175 Å². The number of fused-ring (bicyclic) bond motifs is 1. The lowest BCUT2D eigenvalue weighted by Crippen LogP contribution is -2.33. The van der Waals surface area contributed by atoms with Crippen LogP contribution in [0.25, 0.3) is 11.2 Å². The van der Waals surface area contributed by atoms with E-state index in [1.807, 2.05) is 0 Å². The van der Waals surface area contributed by atoms with Crippen molar-refractivity contribution < 1.29 is 65.8 Å². The predicted octanol–water partition coefficient (Wildman–Crippen LogP) is -1.49. The first-order valence-electron chi connectivity index (χ1n) is 8.04. The highest BCUT2D eigenvalue weighted by Gasteiger charge is 2.47. The number of aromatic nitrogens is 4. The van der Waals surface area contributed by atoms with Crippen molar-refractivity contribution in [3.63, 3.8) is 0 Å². The Kier molecular flexibility index (Phi) is 6.88. The lowest BCUT2D eigenvalue weighted by molar-refractivity contribution is -0.0550. The second-order valence-corrected chi connectivity index (χ2v) is 10.5. The molecule has 8 N–H and O–H groups in total. The standard InChI is InChI=1S/C10H15FN5O13P3/c11-10-15-4-7(12)13-2-14-8(4)16(10)9-6(18)5(17)3(27-9)1-26-31(22,23)29-32(24,25)28-30(19,20)21/h2-3,5-6,9,17-18H,1H2,(H,22,23)(H,24,25)(H2,12,13,14)(H2,19,20,21)/t3-,5-,6-,9-/m1/s1/i11-1. The highest BCUT2D eigenvalue weighted by atomic mass is 31.3. The van der Waals surface area contributed by atoms with E-state index in [0.717, 1.165) is 6.33 Å². The lowest BCUT2D eigenvalue weighted by atomic mass is 10.1. The first-order valence-corrected chi connectivity index (χ1v) is 12.6. The molecule has 2 unspecified atom stereocenters. The van der Waals surface area contributed by atoms with Gasteiger partial charge < -0.3 is 40.3 Å². The number of nitrogens with zero attached hydrogens (tertiary/aromatic N) is 4. The molecule has 6 atom stereocenters. The molecule has 180 valence electrons. The summed E-state index contributed by atoms with van der Waals surface area (Å²) in [6.45, 7) is -1.08. The van der Waals surface area contributed by atoms with E-state index in [2.05, 4.69) is 28.1 Å². The van der Waals surface area contributed by atoms with Crippen molar-refractivity contribution in [2.45, 2.75) is 24.5 Å². The molecule has 0 bridgehead atoms. The predicted molar refractivity (Wildman–Crippen MR) is 95.4 cm³/mol. The molecule has 1 aliphatic heterocycles. The number of nitrogens with two attached hydrogens (primary N) is 1. The van der Waals surface area contributed by atoms with E-state index < -0.39 is 60.7 Å². The van der Waals surface area contributed by atoms with Crippen molar-refractivity contribution in [2.75, 3.05) is 12.3 Å². The molecule has 2 aromatic rings. The topological polar surface area (TPSA) is 279 Å². The molecule has 22 heteroatoms. The molecular weight excluding hydrogens is 509 g/mol. The minimum Gasteiger partial charge on any atom is -0.387 e. The van der Waals surface area contributed by atoms with E-state index in [4.69, 9.17) is 25.2 Å². The summed E-state index contributed by atoms with van der Waals surface area (Å²) in [5.74, 6) is -0.190. The van der Waals surface area contributed by atoms with Crippen LogP contribution in [0, 0.1) is 6.08 Å². The Bertz CT molecular complexity index is 1160. The van der Waals surface area contributed by atoms with E-state index in [-0.39, 0.29) is 17.0 Å². The highest BCUT2D eigenvalue weighted by Crippen LogP contribution is 2.66. The van der Waals surface area contributed by atoms with Gasteiger partial charge in [0.2, 0.25) is 0 Å². The van der Waals surface area contributed by atoms with Gasteiger partial charge in [-0.25, -0.2) is 23.7 Å². The summed E-state index contributed by atoms with van der Waals surface area (Å²) in [6, 6.07) is 0. The van der Waals surface area contributed by atoms with Crippen LogP contribution in [0.5, 0.6) is 0 Å². The number of aliphatic hydroxyl groups excluding tert-OH is 2. The van der Waals surface area contributed by atoms with Gasteiger partial charge in [-0.05, 0) is 0 Å². The van der Waals surface area contributed by atoms with E-state index in [1.165, 1.54) is 0 Å². The van der Waals surface area contributed by atoms with Crippen LogP contribution in [0.2, 0.25) is 0 Å². The smallest absolute Gasteiger partial charge is 0.387 e. The molecule has 0 saturated carbocycles. The van der Waals surface area contributed by atoms with Gasteiger partial charge in [0.05, 0.1) is 6.61 Å². The molecule has 32 heavy (non-hydrogen) atoms. The third-order valence-corrected chi connectivity index (χ3v) is 7.67. The zero-order chi connectivity index (χ0) is 24.1. The van der Waals surface area contributed by atoms with Crippen molar-refractivity contribution in [1.82, 2.24) is 19.5 Å². The molecule has 3 rings (SSSR count). The number of ether oxygens (including phenoxy) is 1. The fourth-order valence-electron chi connectivity index (χ4n) is 2.68. The zero-order valence-electron chi connectivity index (χ0n) is 15.2. The Balaban J connectivity index is 1.73. The number of phosphoric acid groups is 3. The SMILES string of the molecule is Nc1ncnc2c1nc([18F])n2[C@@H]1O[C@H](COP(=O)(O)OP(=O)(O)OP(=O)(O)O)[C@@H](O)[C@H]1O. The Morgan fingerprint density at radius 3 is 2.38 bits per heavy atom. The van der Waals surface area contributed by atoms with Crippen molar-refractivity contribution >= 4 is 40.4 Å². The van der Waals surface area contributed by atoms with Crippen LogP contribution < -0.4 is 5.73 Å². The molecule has 0 aromatic carbocycles. The van der Waals surface area contributed by atoms with Gasteiger partial charge in [0.25, 0.3) is 6.08 Å². The number of hydrogen-bond donors (Lipinski definition) is 7. The fraction of sp³-hybridized carbons (Fsp3) is 0.500. The molecule has 0 aliphatic carbocycles. The van der Waals surface area contributed by atoms with Crippen molar-refractivity contribution in [3.8, 4) is 0 Å². The van der Waals surface area contributed by atoms with Crippen LogP contribution in [0.15, 0.2) is 6.33 Å².